The average Bonchev–Trinajstić information content (AvgIpc) is 2.48. The number of amides is 1. The molecule has 2 rings (SSSR count). The molecule has 1 amide bonds. The summed E-state index contributed by atoms with van der Waals surface area (Å²) >= 11 is 0. The van der Waals surface area contributed by atoms with E-state index >= 15 is 0 Å². The van der Waals surface area contributed by atoms with E-state index in [-0.39, 0.29) is 11.9 Å². The minimum Gasteiger partial charge on any atom is -0.378 e. The number of nitrogens with one attached hydrogen (secondary N) is 1. The zero-order chi connectivity index (χ0) is 14.4. The minimum atomic E-state index is -0.282. The lowest BCUT2D eigenvalue weighted by Crippen LogP contribution is -2.53. The van der Waals surface area contributed by atoms with E-state index in [1.165, 1.54) is 0 Å². The maximum atomic E-state index is 12.1. The Balaban J connectivity index is 2.13. The SMILES string of the molecule is CCNC(=O)C1COCCN1Cc1ccccc1C#N. The van der Waals surface area contributed by atoms with Gasteiger partial charge in [0.15, 0.2) is 0 Å². The van der Waals surface area contributed by atoms with Crippen LogP contribution in [0.1, 0.15) is 18.1 Å². The molecular weight excluding hydrogens is 254 g/mol. The molecule has 1 heterocycles. The quantitative estimate of drug-likeness (QED) is 0.885. The highest BCUT2D eigenvalue weighted by Crippen LogP contribution is 2.15. The monoisotopic (exact) mass is 273 g/mol. The number of hydrogen-bond donors (Lipinski definition) is 1. The third kappa shape index (κ3) is 3.35. The number of nitriles is 1. The Bertz CT molecular complexity index is 510. The highest BCUT2D eigenvalue weighted by Gasteiger charge is 2.29. The van der Waals surface area contributed by atoms with Gasteiger partial charge in [-0.05, 0) is 18.6 Å². The molecule has 5 nitrogen and oxygen atoms in total. The van der Waals surface area contributed by atoms with Crippen molar-refractivity contribution in [3.05, 3.63) is 35.4 Å². The molecule has 106 valence electrons. The van der Waals surface area contributed by atoms with Crippen molar-refractivity contribution >= 4 is 5.91 Å². The molecule has 1 unspecified atom stereocenters. The molecule has 0 spiro atoms. The summed E-state index contributed by atoms with van der Waals surface area (Å²) in [4.78, 5) is 14.1. The maximum Gasteiger partial charge on any atom is 0.239 e. The molecule has 0 aromatic heterocycles. The molecule has 1 aromatic rings. The molecule has 0 aliphatic carbocycles. The Hall–Kier alpha value is -1.90. The number of ether oxygens (including phenoxy) is 1. The second kappa shape index (κ2) is 7.04. The Morgan fingerprint density at radius 2 is 2.35 bits per heavy atom. The van der Waals surface area contributed by atoms with Crippen LogP contribution < -0.4 is 5.32 Å². The Morgan fingerprint density at radius 3 is 3.10 bits per heavy atom. The molecule has 20 heavy (non-hydrogen) atoms. The van der Waals surface area contributed by atoms with Crippen LogP contribution in [-0.4, -0.2) is 43.2 Å². The number of benzene rings is 1. The van der Waals surface area contributed by atoms with Gasteiger partial charge in [0.05, 0.1) is 24.8 Å². The molecule has 1 saturated heterocycles. The van der Waals surface area contributed by atoms with E-state index in [0.29, 0.717) is 38.4 Å². The largest absolute Gasteiger partial charge is 0.378 e. The van der Waals surface area contributed by atoms with Crippen LogP contribution in [-0.2, 0) is 16.1 Å². The molecule has 0 bridgehead atoms. The van der Waals surface area contributed by atoms with E-state index in [2.05, 4.69) is 16.3 Å². The van der Waals surface area contributed by atoms with Crippen LogP contribution in [0.3, 0.4) is 0 Å². The molecule has 5 heteroatoms. The summed E-state index contributed by atoms with van der Waals surface area (Å²) in [6, 6.07) is 9.41. The fraction of sp³-hybridized carbons (Fsp3) is 0.467. The fourth-order valence-corrected chi connectivity index (χ4v) is 2.35. The minimum absolute atomic E-state index is 0.0124. The van der Waals surface area contributed by atoms with Crippen LogP contribution >= 0.6 is 0 Å². The van der Waals surface area contributed by atoms with Crippen molar-refractivity contribution < 1.29 is 9.53 Å². The van der Waals surface area contributed by atoms with Crippen molar-refractivity contribution in [1.82, 2.24) is 10.2 Å². The first kappa shape index (κ1) is 14.5. The maximum absolute atomic E-state index is 12.1. The third-order valence-electron chi connectivity index (χ3n) is 3.40. The molecule has 1 N–H and O–H groups in total. The topological polar surface area (TPSA) is 65.4 Å². The number of carbonyl (C=O) groups is 1. The number of rotatable bonds is 4. The first-order chi connectivity index (χ1) is 9.76. The van der Waals surface area contributed by atoms with E-state index in [1.807, 2.05) is 25.1 Å². The van der Waals surface area contributed by atoms with Crippen LogP contribution in [0.25, 0.3) is 0 Å². The van der Waals surface area contributed by atoms with Crippen molar-refractivity contribution in [3.63, 3.8) is 0 Å². The van der Waals surface area contributed by atoms with E-state index < -0.39 is 0 Å². The summed E-state index contributed by atoms with van der Waals surface area (Å²) in [5.74, 6) is -0.0124. The lowest BCUT2D eigenvalue weighted by molar-refractivity contribution is -0.132. The first-order valence-corrected chi connectivity index (χ1v) is 6.83. The van der Waals surface area contributed by atoms with E-state index in [0.717, 1.165) is 5.56 Å². The second-order valence-corrected chi connectivity index (χ2v) is 4.72. The number of hydrogen-bond acceptors (Lipinski definition) is 4. The van der Waals surface area contributed by atoms with Crippen molar-refractivity contribution in [2.75, 3.05) is 26.3 Å². The lowest BCUT2D eigenvalue weighted by atomic mass is 10.1. The van der Waals surface area contributed by atoms with Crippen molar-refractivity contribution in [2.45, 2.75) is 19.5 Å². The predicted molar refractivity (Wildman–Crippen MR) is 74.9 cm³/mol. The van der Waals surface area contributed by atoms with Crippen molar-refractivity contribution in [3.8, 4) is 6.07 Å². The normalized spacial score (nSPS) is 19.3. The van der Waals surface area contributed by atoms with Crippen molar-refractivity contribution in [2.24, 2.45) is 0 Å². The van der Waals surface area contributed by atoms with Gasteiger partial charge in [-0.25, -0.2) is 0 Å². The number of nitrogens with zero attached hydrogens (tertiary/aromatic N) is 2. The Morgan fingerprint density at radius 1 is 1.55 bits per heavy atom. The molecule has 1 fully saturated rings. The van der Waals surface area contributed by atoms with E-state index in [1.54, 1.807) is 6.07 Å². The molecule has 1 aliphatic heterocycles. The summed E-state index contributed by atoms with van der Waals surface area (Å²) in [6.45, 7) is 4.82. The summed E-state index contributed by atoms with van der Waals surface area (Å²) in [5.41, 5.74) is 1.61. The zero-order valence-electron chi connectivity index (χ0n) is 11.6. The van der Waals surface area contributed by atoms with Gasteiger partial charge in [-0.3, -0.25) is 9.69 Å². The molecular formula is C15H19N3O2. The van der Waals surface area contributed by atoms with Gasteiger partial charge in [0.1, 0.15) is 6.04 Å². The summed E-state index contributed by atoms with van der Waals surface area (Å²) < 4.78 is 5.41. The van der Waals surface area contributed by atoms with Gasteiger partial charge < -0.3 is 10.1 Å². The predicted octanol–water partition coefficient (Wildman–Crippen LogP) is 0.895. The van der Waals surface area contributed by atoms with Crippen LogP contribution in [0.2, 0.25) is 0 Å². The van der Waals surface area contributed by atoms with Crippen molar-refractivity contribution in [1.29, 1.82) is 5.26 Å². The average molecular weight is 273 g/mol. The lowest BCUT2D eigenvalue weighted by Gasteiger charge is -2.34. The fourth-order valence-electron chi connectivity index (χ4n) is 2.35. The number of likely N-dealkylation sites (N-methyl/N-ethyl adjacent to an activating group) is 1. The summed E-state index contributed by atoms with van der Waals surface area (Å²) in [5, 5.41) is 12.0. The van der Waals surface area contributed by atoms with Gasteiger partial charge in [0, 0.05) is 19.6 Å². The zero-order valence-corrected chi connectivity index (χ0v) is 11.6. The third-order valence-corrected chi connectivity index (χ3v) is 3.40. The standard InChI is InChI=1S/C15H19N3O2/c1-2-17-15(19)14-11-20-8-7-18(14)10-13-6-4-3-5-12(13)9-16/h3-6,14H,2,7-8,10-11H2,1H3,(H,17,19). The van der Waals surface area contributed by atoms with E-state index in [9.17, 15) is 4.79 Å². The molecule has 1 aromatic carbocycles. The van der Waals surface area contributed by atoms with Gasteiger partial charge in [-0.1, -0.05) is 18.2 Å². The second-order valence-electron chi connectivity index (χ2n) is 4.72. The highest BCUT2D eigenvalue weighted by atomic mass is 16.5. The number of carbonyl (C=O) groups excluding carboxylic acids is 1. The Labute approximate surface area is 119 Å². The van der Waals surface area contributed by atoms with Gasteiger partial charge in [-0.15, -0.1) is 0 Å². The van der Waals surface area contributed by atoms with Gasteiger partial charge >= 0.3 is 0 Å². The van der Waals surface area contributed by atoms with Crippen LogP contribution in [0.5, 0.6) is 0 Å². The van der Waals surface area contributed by atoms with Gasteiger partial charge in [0.25, 0.3) is 0 Å². The van der Waals surface area contributed by atoms with Gasteiger partial charge in [-0.2, -0.15) is 5.26 Å². The smallest absolute Gasteiger partial charge is 0.239 e. The molecule has 0 saturated carbocycles. The summed E-state index contributed by atoms with van der Waals surface area (Å²) in [7, 11) is 0. The van der Waals surface area contributed by atoms with Crippen LogP contribution in [0.15, 0.2) is 24.3 Å². The molecule has 0 radical (unpaired) electrons. The number of morpholine rings is 1. The van der Waals surface area contributed by atoms with E-state index in [4.69, 9.17) is 10.00 Å². The summed E-state index contributed by atoms with van der Waals surface area (Å²) in [6.07, 6.45) is 0. The Kier molecular flexibility index (Phi) is 5.10. The van der Waals surface area contributed by atoms with Crippen LogP contribution in [0, 0.1) is 11.3 Å². The van der Waals surface area contributed by atoms with Crippen LogP contribution in [0.4, 0.5) is 0 Å². The first-order valence-electron chi connectivity index (χ1n) is 6.83. The highest BCUT2D eigenvalue weighted by molar-refractivity contribution is 5.81. The molecule has 1 atom stereocenters. The molecule has 1 aliphatic rings. The van der Waals surface area contributed by atoms with Gasteiger partial charge in [0.2, 0.25) is 5.91 Å².